The molecule has 2 aromatic rings. The first-order chi connectivity index (χ1) is 7.72. The van der Waals surface area contributed by atoms with Crippen LogP contribution in [-0.4, -0.2) is 17.6 Å². The highest BCUT2D eigenvalue weighted by molar-refractivity contribution is 6.35. The maximum absolute atomic E-state index is 11.5. The summed E-state index contributed by atoms with van der Waals surface area (Å²) >= 11 is 6.07. The minimum absolute atomic E-state index is 0.349. The van der Waals surface area contributed by atoms with Gasteiger partial charge in [0.1, 0.15) is 0 Å². The molecule has 1 heterocycles. The van der Waals surface area contributed by atoms with E-state index in [9.17, 15) is 4.79 Å². The summed E-state index contributed by atoms with van der Waals surface area (Å²) in [5, 5.41) is 2.24. The third-order valence-corrected chi connectivity index (χ3v) is 2.53. The Kier molecular flexibility index (Phi) is 3.06. The van der Waals surface area contributed by atoms with Gasteiger partial charge in [0.15, 0.2) is 0 Å². The molecule has 0 aliphatic carbocycles. The van der Waals surface area contributed by atoms with Gasteiger partial charge in [-0.2, -0.15) is 0 Å². The number of ether oxygens (including phenoxy) is 1. The van der Waals surface area contributed by atoms with Gasteiger partial charge < -0.3 is 4.74 Å². The fourth-order valence-electron chi connectivity index (χ4n) is 1.49. The number of aromatic nitrogens is 1. The predicted octanol–water partition coefficient (Wildman–Crippen LogP) is 3.06. The molecule has 0 bridgehead atoms. The van der Waals surface area contributed by atoms with Gasteiger partial charge in [-0.3, -0.25) is 4.98 Å². The number of carbonyl (C=O) groups is 1. The molecule has 0 amide bonds. The van der Waals surface area contributed by atoms with E-state index in [4.69, 9.17) is 16.3 Å². The monoisotopic (exact) mass is 235 g/mol. The summed E-state index contributed by atoms with van der Waals surface area (Å²) in [4.78, 5) is 15.5. The van der Waals surface area contributed by atoms with Crippen molar-refractivity contribution in [1.29, 1.82) is 0 Å². The van der Waals surface area contributed by atoms with Crippen molar-refractivity contribution in [3.63, 3.8) is 0 Å². The standard InChI is InChI=1S/C12H10ClNO2/c1-2-16-12(15)8-5-9-7-14-4-3-10(9)11(13)6-8/h3-7H,2H2,1H3. The molecule has 0 aliphatic heterocycles. The quantitative estimate of drug-likeness (QED) is 0.751. The smallest absolute Gasteiger partial charge is 0.338 e. The van der Waals surface area contributed by atoms with Crippen LogP contribution in [0, 0.1) is 0 Å². The molecule has 0 atom stereocenters. The molecule has 1 aromatic carbocycles. The van der Waals surface area contributed by atoms with E-state index in [0.717, 1.165) is 10.8 Å². The number of benzene rings is 1. The number of carbonyl (C=O) groups excluding carboxylic acids is 1. The molecule has 0 saturated heterocycles. The second-order valence-electron chi connectivity index (χ2n) is 3.28. The van der Waals surface area contributed by atoms with Gasteiger partial charge >= 0.3 is 5.97 Å². The van der Waals surface area contributed by atoms with Crippen molar-refractivity contribution in [1.82, 2.24) is 4.98 Å². The third-order valence-electron chi connectivity index (χ3n) is 2.21. The molecule has 1 aromatic heterocycles. The average Bonchev–Trinajstić information content (AvgIpc) is 2.29. The molecule has 4 heteroatoms. The van der Waals surface area contributed by atoms with Crippen molar-refractivity contribution in [2.24, 2.45) is 0 Å². The normalized spacial score (nSPS) is 10.4. The first-order valence-electron chi connectivity index (χ1n) is 4.92. The maximum atomic E-state index is 11.5. The number of pyridine rings is 1. The zero-order valence-corrected chi connectivity index (χ0v) is 9.49. The number of halogens is 1. The first-order valence-corrected chi connectivity index (χ1v) is 5.30. The Morgan fingerprint density at radius 1 is 1.50 bits per heavy atom. The lowest BCUT2D eigenvalue weighted by molar-refractivity contribution is 0.0526. The zero-order chi connectivity index (χ0) is 11.5. The highest BCUT2D eigenvalue weighted by Crippen LogP contribution is 2.24. The Morgan fingerprint density at radius 3 is 3.06 bits per heavy atom. The minimum Gasteiger partial charge on any atom is -0.462 e. The molecule has 0 spiro atoms. The summed E-state index contributed by atoms with van der Waals surface area (Å²) in [7, 11) is 0. The zero-order valence-electron chi connectivity index (χ0n) is 8.74. The number of hydrogen-bond acceptors (Lipinski definition) is 3. The third kappa shape index (κ3) is 1.99. The van der Waals surface area contributed by atoms with Crippen LogP contribution < -0.4 is 0 Å². The van der Waals surface area contributed by atoms with Gasteiger partial charge in [0.05, 0.1) is 12.2 Å². The van der Waals surface area contributed by atoms with Crippen LogP contribution in [0.1, 0.15) is 17.3 Å². The highest BCUT2D eigenvalue weighted by atomic mass is 35.5. The number of esters is 1. The van der Waals surface area contributed by atoms with Crippen LogP contribution >= 0.6 is 11.6 Å². The lowest BCUT2D eigenvalue weighted by Gasteiger charge is -2.05. The minimum atomic E-state index is -0.366. The SMILES string of the molecule is CCOC(=O)c1cc(Cl)c2ccncc2c1. The Labute approximate surface area is 98.0 Å². The Bertz CT molecular complexity index is 540. The summed E-state index contributed by atoms with van der Waals surface area (Å²) < 4.78 is 4.91. The molecule has 0 unspecified atom stereocenters. The number of nitrogens with zero attached hydrogens (tertiary/aromatic N) is 1. The largest absolute Gasteiger partial charge is 0.462 e. The van der Waals surface area contributed by atoms with Crippen LogP contribution in [0.25, 0.3) is 10.8 Å². The highest BCUT2D eigenvalue weighted by Gasteiger charge is 2.09. The van der Waals surface area contributed by atoms with Crippen molar-refractivity contribution >= 4 is 28.3 Å². The summed E-state index contributed by atoms with van der Waals surface area (Å²) in [5.41, 5.74) is 0.451. The van der Waals surface area contributed by atoms with Crippen LogP contribution in [0.4, 0.5) is 0 Å². The Hall–Kier alpha value is -1.61. The fourth-order valence-corrected chi connectivity index (χ4v) is 1.78. The van der Waals surface area contributed by atoms with E-state index >= 15 is 0 Å². The summed E-state index contributed by atoms with van der Waals surface area (Å²) in [5.74, 6) is -0.366. The topological polar surface area (TPSA) is 39.2 Å². The molecule has 82 valence electrons. The van der Waals surface area contributed by atoms with E-state index in [-0.39, 0.29) is 5.97 Å². The summed E-state index contributed by atoms with van der Waals surface area (Å²) in [6.07, 6.45) is 3.34. The molecule has 0 fully saturated rings. The maximum Gasteiger partial charge on any atom is 0.338 e. The van der Waals surface area contributed by atoms with Gasteiger partial charge in [-0.15, -0.1) is 0 Å². The second kappa shape index (κ2) is 4.49. The second-order valence-corrected chi connectivity index (χ2v) is 3.68. The van der Waals surface area contributed by atoms with E-state index in [1.807, 2.05) is 6.07 Å². The lowest BCUT2D eigenvalue weighted by atomic mass is 10.1. The van der Waals surface area contributed by atoms with Crippen LogP contribution in [0.3, 0.4) is 0 Å². The van der Waals surface area contributed by atoms with Gasteiger partial charge in [0, 0.05) is 28.2 Å². The average molecular weight is 236 g/mol. The van der Waals surface area contributed by atoms with Gasteiger partial charge in [0.25, 0.3) is 0 Å². The summed E-state index contributed by atoms with van der Waals surface area (Å²) in [6, 6.07) is 5.15. The Morgan fingerprint density at radius 2 is 2.31 bits per heavy atom. The van der Waals surface area contributed by atoms with Crippen molar-refractivity contribution in [3.8, 4) is 0 Å². The Balaban J connectivity index is 2.53. The van der Waals surface area contributed by atoms with Crippen LogP contribution in [0.5, 0.6) is 0 Å². The van der Waals surface area contributed by atoms with Crippen molar-refractivity contribution < 1.29 is 9.53 Å². The molecule has 0 radical (unpaired) electrons. The molecular formula is C12H10ClNO2. The molecular weight excluding hydrogens is 226 g/mol. The molecule has 0 aliphatic rings. The summed E-state index contributed by atoms with van der Waals surface area (Å²) in [6.45, 7) is 2.11. The molecule has 2 rings (SSSR count). The van der Waals surface area contributed by atoms with Gasteiger partial charge in [-0.25, -0.2) is 4.79 Å². The molecule has 0 N–H and O–H groups in total. The van der Waals surface area contributed by atoms with Crippen molar-refractivity contribution in [3.05, 3.63) is 41.2 Å². The fraction of sp³-hybridized carbons (Fsp3) is 0.167. The molecule has 0 saturated carbocycles. The predicted molar refractivity (Wildman–Crippen MR) is 62.7 cm³/mol. The molecule has 3 nitrogen and oxygen atoms in total. The van der Waals surface area contributed by atoms with Gasteiger partial charge in [0.2, 0.25) is 0 Å². The van der Waals surface area contributed by atoms with Crippen molar-refractivity contribution in [2.75, 3.05) is 6.61 Å². The number of hydrogen-bond donors (Lipinski definition) is 0. The van der Waals surface area contributed by atoms with E-state index in [1.165, 1.54) is 0 Å². The van der Waals surface area contributed by atoms with Crippen molar-refractivity contribution in [2.45, 2.75) is 6.92 Å². The van der Waals surface area contributed by atoms with E-state index in [1.54, 1.807) is 31.5 Å². The molecule has 16 heavy (non-hydrogen) atoms. The van der Waals surface area contributed by atoms with Crippen LogP contribution in [-0.2, 0) is 4.74 Å². The lowest BCUT2D eigenvalue weighted by Crippen LogP contribution is -2.04. The van der Waals surface area contributed by atoms with Crippen LogP contribution in [0.2, 0.25) is 5.02 Å². The first kappa shape index (κ1) is 10.9. The van der Waals surface area contributed by atoms with E-state index in [2.05, 4.69) is 4.98 Å². The van der Waals surface area contributed by atoms with Gasteiger partial charge in [-0.1, -0.05) is 11.6 Å². The number of fused-ring (bicyclic) bond motifs is 1. The van der Waals surface area contributed by atoms with Gasteiger partial charge in [-0.05, 0) is 25.1 Å². The van der Waals surface area contributed by atoms with E-state index < -0.39 is 0 Å². The number of rotatable bonds is 2. The van der Waals surface area contributed by atoms with E-state index in [0.29, 0.717) is 17.2 Å². The van der Waals surface area contributed by atoms with Crippen LogP contribution in [0.15, 0.2) is 30.6 Å².